The molecule has 1 saturated heterocycles. The molecule has 126 valence electrons. The monoisotopic (exact) mass is 332 g/mol. The van der Waals surface area contributed by atoms with Crippen molar-refractivity contribution in [1.82, 2.24) is 4.90 Å². The van der Waals surface area contributed by atoms with Gasteiger partial charge in [-0.3, -0.25) is 14.6 Å². The summed E-state index contributed by atoms with van der Waals surface area (Å²) in [6, 6.07) is 19.8. The highest BCUT2D eigenvalue weighted by molar-refractivity contribution is 6.12. The molecule has 1 spiro atoms. The van der Waals surface area contributed by atoms with E-state index in [0.29, 0.717) is 12.1 Å². The van der Waals surface area contributed by atoms with Crippen LogP contribution in [0.3, 0.4) is 0 Å². The number of anilines is 2. The molecule has 0 aliphatic carbocycles. The number of carbonyl (C=O) groups is 1. The fourth-order valence-electron chi connectivity index (χ4n) is 3.87. The quantitative estimate of drug-likeness (QED) is 0.859. The van der Waals surface area contributed by atoms with E-state index in [4.69, 9.17) is 5.26 Å². The predicted molar refractivity (Wildman–Crippen MR) is 97.3 cm³/mol. The van der Waals surface area contributed by atoms with Crippen LogP contribution >= 0.6 is 0 Å². The minimum Gasteiger partial charge on any atom is -0.362 e. The Morgan fingerprint density at radius 2 is 1.72 bits per heavy atom. The Morgan fingerprint density at radius 3 is 2.44 bits per heavy atom. The van der Waals surface area contributed by atoms with Crippen LogP contribution < -0.4 is 10.2 Å². The molecule has 4 rings (SSSR count). The summed E-state index contributed by atoms with van der Waals surface area (Å²) in [5.41, 5.74) is 2.06. The summed E-state index contributed by atoms with van der Waals surface area (Å²) in [7, 11) is 0. The summed E-state index contributed by atoms with van der Waals surface area (Å²) >= 11 is 0. The molecular formula is C20H20N4O. The average Bonchev–Trinajstić information content (AvgIpc) is 2.65. The Bertz CT molecular complexity index is 819. The standard InChI is InChI=1S/C20H20N4O/c21-12-15-23-13-10-20(11-14-23)22-18-9-5-4-8-17(18)19(25)24(20)16-6-2-1-3-7-16/h1-9,22H,10-11,13-15H2. The minimum absolute atomic E-state index is 0.0364. The molecule has 25 heavy (non-hydrogen) atoms. The van der Waals surface area contributed by atoms with Gasteiger partial charge < -0.3 is 5.32 Å². The lowest BCUT2D eigenvalue weighted by atomic mass is 9.89. The van der Waals surface area contributed by atoms with E-state index in [-0.39, 0.29) is 5.91 Å². The number of hydrogen-bond donors (Lipinski definition) is 1. The SMILES string of the molecule is N#CCN1CCC2(CC1)Nc1ccccc1C(=O)N2c1ccccc1. The van der Waals surface area contributed by atoms with Gasteiger partial charge in [0.1, 0.15) is 5.66 Å². The first-order valence-corrected chi connectivity index (χ1v) is 8.60. The van der Waals surface area contributed by atoms with E-state index < -0.39 is 5.66 Å². The van der Waals surface area contributed by atoms with Crippen LogP contribution in [-0.4, -0.2) is 36.1 Å². The Labute approximate surface area is 147 Å². The first-order valence-electron chi connectivity index (χ1n) is 8.60. The number of nitrogens with zero attached hydrogens (tertiary/aromatic N) is 3. The Balaban J connectivity index is 1.76. The number of fused-ring (bicyclic) bond motifs is 1. The molecule has 1 N–H and O–H groups in total. The molecule has 2 aromatic carbocycles. The van der Waals surface area contributed by atoms with Crippen LogP contribution in [0.15, 0.2) is 54.6 Å². The minimum atomic E-state index is -0.446. The van der Waals surface area contributed by atoms with Crippen molar-refractivity contribution in [2.75, 3.05) is 29.9 Å². The maximum Gasteiger partial charge on any atom is 0.262 e. The number of benzene rings is 2. The molecule has 0 saturated carbocycles. The average molecular weight is 332 g/mol. The predicted octanol–water partition coefficient (Wildman–Crippen LogP) is 3.07. The molecule has 2 aliphatic heterocycles. The maximum absolute atomic E-state index is 13.3. The van der Waals surface area contributed by atoms with Crippen molar-refractivity contribution in [3.63, 3.8) is 0 Å². The number of carbonyl (C=O) groups excluding carboxylic acids is 1. The summed E-state index contributed by atoms with van der Waals surface area (Å²) in [4.78, 5) is 17.4. The van der Waals surface area contributed by atoms with Crippen LogP contribution in [0.5, 0.6) is 0 Å². The summed E-state index contributed by atoms with van der Waals surface area (Å²) < 4.78 is 0. The summed E-state index contributed by atoms with van der Waals surface area (Å²) in [6.07, 6.45) is 1.56. The van der Waals surface area contributed by atoms with Gasteiger partial charge in [-0.15, -0.1) is 0 Å². The lowest BCUT2D eigenvalue weighted by Gasteiger charge is -2.52. The fraction of sp³-hybridized carbons (Fsp3) is 0.300. The number of nitriles is 1. The molecule has 2 heterocycles. The van der Waals surface area contributed by atoms with E-state index in [9.17, 15) is 4.79 Å². The van der Waals surface area contributed by atoms with Crippen molar-refractivity contribution in [3.8, 4) is 6.07 Å². The summed E-state index contributed by atoms with van der Waals surface area (Å²) in [6.45, 7) is 2.02. The lowest BCUT2D eigenvalue weighted by molar-refractivity contribution is 0.0914. The normalized spacial score (nSPS) is 19.2. The van der Waals surface area contributed by atoms with Gasteiger partial charge in [0.15, 0.2) is 0 Å². The number of likely N-dealkylation sites (tertiary alicyclic amines) is 1. The molecule has 2 aromatic rings. The second-order valence-corrected chi connectivity index (χ2v) is 6.61. The van der Waals surface area contributed by atoms with Crippen LogP contribution in [0, 0.1) is 11.3 Å². The molecule has 5 nitrogen and oxygen atoms in total. The third kappa shape index (κ3) is 2.65. The zero-order chi connectivity index (χ0) is 17.3. The third-order valence-electron chi connectivity index (χ3n) is 5.15. The first kappa shape index (κ1) is 15.7. The van der Waals surface area contributed by atoms with Crippen molar-refractivity contribution < 1.29 is 4.79 Å². The van der Waals surface area contributed by atoms with Crippen LogP contribution in [-0.2, 0) is 0 Å². The lowest BCUT2D eigenvalue weighted by Crippen LogP contribution is -2.64. The molecule has 0 atom stereocenters. The second-order valence-electron chi connectivity index (χ2n) is 6.61. The van der Waals surface area contributed by atoms with Crippen molar-refractivity contribution >= 4 is 17.3 Å². The number of hydrogen-bond acceptors (Lipinski definition) is 4. The number of piperidine rings is 1. The zero-order valence-corrected chi connectivity index (χ0v) is 14.0. The maximum atomic E-state index is 13.3. The molecule has 1 fully saturated rings. The van der Waals surface area contributed by atoms with E-state index in [2.05, 4.69) is 16.3 Å². The highest BCUT2D eigenvalue weighted by Crippen LogP contribution is 2.40. The van der Waals surface area contributed by atoms with Crippen molar-refractivity contribution in [1.29, 1.82) is 5.26 Å². The van der Waals surface area contributed by atoms with Gasteiger partial charge in [-0.2, -0.15) is 5.26 Å². The highest BCUT2D eigenvalue weighted by Gasteiger charge is 2.47. The fourth-order valence-corrected chi connectivity index (χ4v) is 3.87. The number of rotatable bonds is 2. The molecular weight excluding hydrogens is 312 g/mol. The molecule has 1 amide bonds. The van der Waals surface area contributed by atoms with E-state index in [1.165, 1.54) is 0 Å². The van der Waals surface area contributed by atoms with E-state index in [1.807, 2.05) is 59.5 Å². The van der Waals surface area contributed by atoms with Gasteiger partial charge >= 0.3 is 0 Å². The number of nitrogens with one attached hydrogen (secondary N) is 1. The summed E-state index contributed by atoms with van der Waals surface area (Å²) in [5, 5.41) is 12.6. The van der Waals surface area contributed by atoms with Gasteiger partial charge in [0.2, 0.25) is 0 Å². The van der Waals surface area contributed by atoms with Crippen molar-refractivity contribution in [3.05, 3.63) is 60.2 Å². The van der Waals surface area contributed by atoms with Crippen LogP contribution in [0.4, 0.5) is 11.4 Å². The van der Waals surface area contributed by atoms with Gasteiger partial charge in [0.05, 0.1) is 18.2 Å². The van der Waals surface area contributed by atoms with Gasteiger partial charge in [0.25, 0.3) is 5.91 Å². The molecule has 2 aliphatic rings. The number of amides is 1. The highest BCUT2D eigenvalue weighted by atomic mass is 16.2. The van der Waals surface area contributed by atoms with Gasteiger partial charge in [-0.05, 0) is 24.3 Å². The van der Waals surface area contributed by atoms with Crippen LogP contribution in [0.2, 0.25) is 0 Å². The van der Waals surface area contributed by atoms with E-state index in [0.717, 1.165) is 37.3 Å². The van der Waals surface area contributed by atoms with Crippen LogP contribution in [0.25, 0.3) is 0 Å². The number of para-hydroxylation sites is 2. The van der Waals surface area contributed by atoms with Crippen molar-refractivity contribution in [2.45, 2.75) is 18.5 Å². The molecule has 0 unspecified atom stereocenters. The second kappa shape index (κ2) is 6.23. The largest absolute Gasteiger partial charge is 0.362 e. The van der Waals surface area contributed by atoms with Crippen LogP contribution in [0.1, 0.15) is 23.2 Å². The topological polar surface area (TPSA) is 59.4 Å². The van der Waals surface area contributed by atoms with Gasteiger partial charge in [-0.1, -0.05) is 30.3 Å². The molecule has 0 radical (unpaired) electrons. The molecule has 0 bridgehead atoms. The smallest absolute Gasteiger partial charge is 0.262 e. The van der Waals surface area contributed by atoms with Crippen molar-refractivity contribution in [2.24, 2.45) is 0 Å². The Hall–Kier alpha value is -2.84. The van der Waals surface area contributed by atoms with Gasteiger partial charge in [0, 0.05) is 37.3 Å². The Morgan fingerprint density at radius 1 is 1.04 bits per heavy atom. The van der Waals surface area contributed by atoms with E-state index >= 15 is 0 Å². The Kier molecular flexibility index (Phi) is 3.90. The zero-order valence-electron chi connectivity index (χ0n) is 14.0. The first-order chi connectivity index (χ1) is 12.2. The molecule has 5 heteroatoms. The van der Waals surface area contributed by atoms with Gasteiger partial charge in [-0.25, -0.2) is 0 Å². The van der Waals surface area contributed by atoms with E-state index in [1.54, 1.807) is 0 Å². The molecule has 0 aromatic heterocycles. The summed E-state index contributed by atoms with van der Waals surface area (Å²) in [5.74, 6) is 0.0364. The third-order valence-corrected chi connectivity index (χ3v) is 5.15.